The Morgan fingerprint density at radius 2 is 1.31 bits per heavy atom. The van der Waals surface area contributed by atoms with Crippen LogP contribution in [0.25, 0.3) is 71.4 Å². The number of rotatable bonds is 1. The Bertz CT molecular complexity index is 2120. The third-order valence-corrected chi connectivity index (χ3v) is 6.99. The van der Waals surface area contributed by atoms with Gasteiger partial charge in [-0.05, 0) is 35.7 Å². The first-order chi connectivity index (χ1) is 17.3. The Hall–Kier alpha value is -4.83. The summed E-state index contributed by atoms with van der Waals surface area (Å²) in [7, 11) is 0. The van der Waals surface area contributed by atoms with E-state index in [1.54, 1.807) is 0 Å². The quantitative estimate of drug-likeness (QED) is 0.244. The van der Waals surface area contributed by atoms with Gasteiger partial charge in [0.15, 0.2) is 0 Å². The van der Waals surface area contributed by atoms with E-state index in [9.17, 15) is 0 Å². The number of aromatic nitrogens is 4. The normalized spacial score (nSPS) is 12.0. The van der Waals surface area contributed by atoms with Crippen molar-refractivity contribution in [2.45, 2.75) is 0 Å². The molecule has 0 unspecified atom stereocenters. The Morgan fingerprint density at radius 3 is 2.23 bits per heavy atom. The molecule has 0 atom stereocenters. The summed E-state index contributed by atoms with van der Waals surface area (Å²) in [6, 6.07) is 36.0. The van der Waals surface area contributed by atoms with Crippen LogP contribution in [-0.2, 0) is 0 Å². The molecule has 0 aliphatic carbocycles. The summed E-state index contributed by atoms with van der Waals surface area (Å²) in [4.78, 5) is 14.8. The number of hydrogen-bond donors (Lipinski definition) is 0. The van der Waals surface area contributed by atoms with Gasteiger partial charge in [-0.1, -0.05) is 72.8 Å². The molecule has 0 bridgehead atoms. The topological polar surface area (TPSA) is 43.1 Å². The van der Waals surface area contributed by atoms with E-state index in [1.165, 1.54) is 10.8 Å². The maximum absolute atomic E-state index is 5.11. The lowest BCUT2D eigenvalue weighted by atomic mass is 10.1. The van der Waals surface area contributed by atoms with Crippen LogP contribution in [0.2, 0.25) is 0 Å². The predicted molar refractivity (Wildman–Crippen MR) is 144 cm³/mol. The third-order valence-electron chi connectivity index (χ3n) is 6.99. The molecule has 8 aromatic rings. The van der Waals surface area contributed by atoms with E-state index >= 15 is 0 Å². The summed E-state index contributed by atoms with van der Waals surface area (Å²) in [5.41, 5.74) is 8.02. The van der Waals surface area contributed by atoms with Gasteiger partial charge >= 0.3 is 0 Å². The molecule has 0 N–H and O–H groups in total. The lowest BCUT2D eigenvalue weighted by Crippen LogP contribution is -1.91. The molecule has 0 fully saturated rings. The van der Waals surface area contributed by atoms with Gasteiger partial charge < -0.3 is 0 Å². The van der Waals surface area contributed by atoms with Crippen molar-refractivity contribution in [1.82, 2.24) is 19.4 Å². The van der Waals surface area contributed by atoms with Gasteiger partial charge in [-0.3, -0.25) is 9.38 Å². The van der Waals surface area contributed by atoms with Crippen molar-refractivity contribution in [3.05, 3.63) is 109 Å². The van der Waals surface area contributed by atoms with E-state index in [1.807, 2.05) is 12.3 Å². The largest absolute Gasteiger partial charge is 0.292 e. The molecule has 0 amide bonds. The molecule has 4 nitrogen and oxygen atoms in total. The molecule has 8 rings (SSSR count). The third kappa shape index (κ3) is 2.59. The number of pyridine rings is 3. The fourth-order valence-electron chi connectivity index (χ4n) is 5.36. The number of fused-ring (bicyclic) bond motifs is 11. The summed E-state index contributed by atoms with van der Waals surface area (Å²) in [6.07, 6.45) is 1.83. The zero-order valence-electron chi connectivity index (χ0n) is 18.7. The molecule has 4 aromatic carbocycles. The standard InChI is InChI=1S/C31H18N4/c1-2-9-24-22(7-1)23-8-3-4-10-27(23)35-28-16-14-21(18-26(28)34-31(24)35)25-15-13-20-12-11-19-6-5-17-32-29(19)30(20)33-25/h1-18H. The monoisotopic (exact) mass is 446 g/mol. The van der Waals surface area contributed by atoms with Crippen molar-refractivity contribution in [3.63, 3.8) is 0 Å². The highest BCUT2D eigenvalue weighted by molar-refractivity contribution is 6.14. The van der Waals surface area contributed by atoms with Gasteiger partial charge in [0.05, 0.1) is 33.3 Å². The molecule has 4 heterocycles. The van der Waals surface area contributed by atoms with E-state index in [4.69, 9.17) is 9.97 Å². The Balaban J connectivity index is 1.42. The van der Waals surface area contributed by atoms with Crippen LogP contribution in [0, 0.1) is 0 Å². The second kappa shape index (κ2) is 6.84. The number of imidazole rings is 1. The molecule has 35 heavy (non-hydrogen) atoms. The van der Waals surface area contributed by atoms with E-state index in [0.29, 0.717) is 0 Å². The van der Waals surface area contributed by atoms with E-state index < -0.39 is 0 Å². The van der Waals surface area contributed by atoms with Crippen molar-refractivity contribution >= 4 is 60.2 Å². The smallest absolute Gasteiger partial charge is 0.146 e. The summed E-state index contributed by atoms with van der Waals surface area (Å²) in [6.45, 7) is 0. The van der Waals surface area contributed by atoms with Crippen molar-refractivity contribution in [1.29, 1.82) is 0 Å². The lowest BCUT2D eigenvalue weighted by molar-refractivity contribution is 1.31. The molecular weight excluding hydrogens is 428 g/mol. The summed E-state index contributed by atoms with van der Waals surface area (Å²) in [5, 5.41) is 5.80. The van der Waals surface area contributed by atoms with Gasteiger partial charge in [0.25, 0.3) is 0 Å². The fourth-order valence-corrected chi connectivity index (χ4v) is 5.36. The minimum absolute atomic E-state index is 0.921. The van der Waals surface area contributed by atoms with Gasteiger partial charge in [0.1, 0.15) is 5.65 Å². The van der Waals surface area contributed by atoms with Crippen LogP contribution in [0.15, 0.2) is 109 Å². The molecule has 0 radical (unpaired) electrons. The van der Waals surface area contributed by atoms with E-state index in [0.717, 1.165) is 60.6 Å². The highest BCUT2D eigenvalue weighted by atomic mass is 15.0. The summed E-state index contributed by atoms with van der Waals surface area (Å²) < 4.78 is 2.28. The van der Waals surface area contributed by atoms with Crippen LogP contribution >= 0.6 is 0 Å². The van der Waals surface area contributed by atoms with Crippen LogP contribution in [0.4, 0.5) is 0 Å². The number of hydrogen-bond acceptors (Lipinski definition) is 3. The van der Waals surface area contributed by atoms with Crippen molar-refractivity contribution in [2.24, 2.45) is 0 Å². The van der Waals surface area contributed by atoms with Gasteiger partial charge in [-0.25, -0.2) is 9.97 Å². The second-order valence-corrected chi connectivity index (χ2v) is 8.95. The Labute approximate surface area is 200 Å². The molecule has 4 aromatic heterocycles. The zero-order chi connectivity index (χ0) is 22.9. The van der Waals surface area contributed by atoms with Crippen molar-refractivity contribution in [3.8, 4) is 11.3 Å². The van der Waals surface area contributed by atoms with Crippen LogP contribution in [0.1, 0.15) is 0 Å². The van der Waals surface area contributed by atoms with Gasteiger partial charge in [-0.2, -0.15) is 0 Å². The zero-order valence-corrected chi connectivity index (χ0v) is 18.7. The van der Waals surface area contributed by atoms with Crippen LogP contribution in [-0.4, -0.2) is 19.4 Å². The average molecular weight is 447 g/mol. The predicted octanol–water partition coefficient (Wildman–Crippen LogP) is 7.56. The van der Waals surface area contributed by atoms with Gasteiger partial charge in [0, 0.05) is 33.3 Å². The lowest BCUT2D eigenvalue weighted by Gasteiger charge is -2.08. The van der Waals surface area contributed by atoms with Crippen molar-refractivity contribution < 1.29 is 0 Å². The highest BCUT2D eigenvalue weighted by Gasteiger charge is 2.14. The SMILES string of the molecule is c1cnc2c(c1)ccc1ccc(-c3ccc4c(c3)nc3c5ccccc5c5ccccc5n43)nc12. The second-order valence-electron chi connectivity index (χ2n) is 8.95. The molecule has 4 heteroatoms. The Kier molecular flexibility index (Phi) is 3.63. The summed E-state index contributed by atoms with van der Waals surface area (Å²) >= 11 is 0. The van der Waals surface area contributed by atoms with Crippen LogP contribution in [0.5, 0.6) is 0 Å². The first kappa shape index (κ1) is 18.6. The minimum Gasteiger partial charge on any atom is -0.292 e. The van der Waals surface area contributed by atoms with E-state index in [-0.39, 0.29) is 0 Å². The first-order valence-corrected chi connectivity index (χ1v) is 11.7. The van der Waals surface area contributed by atoms with Crippen molar-refractivity contribution in [2.75, 3.05) is 0 Å². The molecular formula is C31H18N4. The van der Waals surface area contributed by atoms with Crippen LogP contribution in [0.3, 0.4) is 0 Å². The minimum atomic E-state index is 0.921. The molecule has 162 valence electrons. The summed E-state index contributed by atoms with van der Waals surface area (Å²) in [5.74, 6) is 0. The maximum atomic E-state index is 5.11. The van der Waals surface area contributed by atoms with E-state index in [2.05, 4.69) is 106 Å². The Morgan fingerprint density at radius 1 is 0.543 bits per heavy atom. The number of benzene rings is 4. The fraction of sp³-hybridized carbons (Fsp3) is 0. The van der Waals surface area contributed by atoms with Gasteiger partial charge in [-0.15, -0.1) is 0 Å². The molecule has 0 aliphatic heterocycles. The number of para-hydroxylation sites is 1. The average Bonchev–Trinajstić information content (AvgIpc) is 3.32. The van der Waals surface area contributed by atoms with Crippen LogP contribution < -0.4 is 0 Å². The van der Waals surface area contributed by atoms with Gasteiger partial charge in [0.2, 0.25) is 0 Å². The number of nitrogens with zero attached hydrogens (tertiary/aromatic N) is 4. The highest BCUT2D eigenvalue weighted by Crippen LogP contribution is 2.34. The molecule has 0 spiro atoms. The molecule has 0 saturated heterocycles. The molecule has 0 saturated carbocycles. The molecule has 0 aliphatic rings. The first-order valence-electron chi connectivity index (χ1n) is 11.7. The maximum Gasteiger partial charge on any atom is 0.146 e.